The fourth-order valence-corrected chi connectivity index (χ4v) is 7.72. The molecule has 0 amide bonds. The van der Waals surface area contributed by atoms with Gasteiger partial charge in [-0.3, -0.25) is 0 Å². The van der Waals surface area contributed by atoms with Gasteiger partial charge in [-0.2, -0.15) is 0 Å². The molecule has 0 radical (unpaired) electrons. The Bertz CT molecular complexity index is 453. The highest BCUT2D eigenvalue weighted by atomic mass is 14.3. The van der Waals surface area contributed by atoms with Crippen LogP contribution < -0.4 is 0 Å². The summed E-state index contributed by atoms with van der Waals surface area (Å²) in [6.45, 7) is 7.65. The Labute approximate surface area is 230 Å². The van der Waals surface area contributed by atoms with Crippen LogP contribution in [0.4, 0.5) is 0 Å². The van der Waals surface area contributed by atoms with E-state index in [4.69, 9.17) is 0 Å². The van der Waals surface area contributed by atoms with Gasteiger partial charge in [-0.1, -0.05) is 194 Å². The van der Waals surface area contributed by atoms with Crippen LogP contribution in [0.5, 0.6) is 0 Å². The molecule has 2 rings (SSSR count). The highest BCUT2D eigenvalue weighted by molar-refractivity contribution is 4.73. The third kappa shape index (κ3) is 16.1. The summed E-state index contributed by atoms with van der Waals surface area (Å²) in [4.78, 5) is 0. The van der Waals surface area contributed by atoms with Gasteiger partial charge < -0.3 is 0 Å². The fourth-order valence-electron chi connectivity index (χ4n) is 7.72. The Kier molecular flexibility index (Phi) is 19.6. The predicted octanol–water partition coefficient (Wildman–Crippen LogP) is 13.1. The van der Waals surface area contributed by atoms with Gasteiger partial charge in [0.15, 0.2) is 0 Å². The molecule has 0 N–H and O–H groups in total. The molecule has 0 heteroatoms. The number of hydrogen-bond acceptors (Lipinski definition) is 0. The van der Waals surface area contributed by atoms with E-state index in [2.05, 4.69) is 20.8 Å². The highest BCUT2D eigenvalue weighted by Gasteiger charge is 2.21. The van der Waals surface area contributed by atoms with Gasteiger partial charge in [-0.25, -0.2) is 0 Å². The summed E-state index contributed by atoms with van der Waals surface area (Å²) in [6.07, 6.45) is 42.1. The van der Waals surface area contributed by atoms with Gasteiger partial charge in [0, 0.05) is 0 Å². The minimum absolute atomic E-state index is 0.950. The van der Waals surface area contributed by atoms with Crippen LogP contribution in [0, 0.1) is 29.6 Å². The molecule has 36 heavy (non-hydrogen) atoms. The van der Waals surface area contributed by atoms with Gasteiger partial charge in [0.25, 0.3) is 0 Å². The molecule has 0 aromatic heterocycles. The van der Waals surface area contributed by atoms with Crippen molar-refractivity contribution < 1.29 is 0 Å². The molecule has 0 heterocycles. The van der Waals surface area contributed by atoms with Gasteiger partial charge in [-0.15, -0.1) is 0 Å². The molecule has 4 atom stereocenters. The fraction of sp³-hybridized carbons (Fsp3) is 1.00. The van der Waals surface area contributed by atoms with Crippen LogP contribution in [0.2, 0.25) is 0 Å². The third-order valence-corrected chi connectivity index (χ3v) is 10.6. The maximum atomic E-state index is 2.64. The zero-order valence-corrected chi connectivity index (χ0v) is 25.7. The maximum Gasteiger partial charge on any atom is -0.0388 e. The zero-order valence-electron chi connectivity index (χ0n) is 25.7. The first-order chi connectivity index (χ1) is 17.7. The third-order valence-electron chi connectivity index (χ3n) is 10.6. The summed E-state index contributed by atoms with van der Waals surface area (Å²) in [7, 11) is 0. The second-order valence-corrected chi connectivity index (χ2v) is 13.9. The van der Waals surface area contributed by atoms with Gasteiger partial charge in [-0.05, 0) is 36.0 Å². The van der Waals surface area contributed by atoms with Crippen LogP contribution in [0.25, 0.3) is 0 Å². The Morgan fingerprint density at radius 1 is 0.500 bits per heavy atom. The minimum Gasteiger partial charge on any atom is -0.0651 e. The minimum atomic E-state index is 0.950. The van der Waals surface area contributed by atoms with Gasteiger partial charge in [0.05, 0.1) is 0 Å². The van der Waals surface area contributed by atoms with Crippen LogP contribution >= 0.6 is 0 Å². The molecule has 214 valence electrons. The molecule has 0 nitrogen and oxygen atoms in total. The molecule has 0 saturated heterocycles. The van der Waals surface area contributed by atoms with E-state index in [1.165, 1.54) is 173 Å². The molecule has 0 spiro atoms. The molecule has 0 aromatic carbocycles. The molecular formula is C36H70. The standard InChI is InChI=1S/C36H70/c1-4-34(31-35-25-18-14-10-8-6-5-7-9-11-15-19-26-35)30-29-33(3)36-27-20-16-12-13-17-23-32(2)24-21-22-28-36/h32-36H,4-31H2,1-3H3. The summed E-state index contributed by atoms with van der Waals surface area (Å²) in [5, 5.41) is 0. The van der Waals surface area contributed by atoms with E-state index in [-0.39, 0.29) is 0 Å². The lowest BCUT2D eigenvalue weighted by molar-refractivity contribution is 0.240. The van der Waals surface area contributed by atoms with E-state index in [9.17, 15) is 0 Å². The SMILES string of the molecule is CCC(CCC(C)C1CCCCCCCC(C)CCCC1)CC1CCCCCCCCCCCCC1. The summed E-state index contributed by atoms with van der Waals surface area (Å²) in [5.41, 5.74) is 0. The second-order valence-electron chi connectivity index (χ2n) is 13.9. The topological polar surface area (TPSA) is 0 Å². The van der Waals surface area contributed by atoms with Crippen molar-refractivity contribution in [3.8, 4) is 0 Å². The van der Waals surface area contributed by atoms with Gasteiger partial charge >= 0.3 is 0 Å². The average Bonchev–Trinajstić information content (AvgIpc) is 2.90. The van der Waals surface area contributed by atoms with Crippen LogP contribution in [-0.2, 0) is 0 Å². The van der Waals surface area contributed by atoms with Crippen molar-refractivity contribution >= 4 is 0 Å². The molecule has 2 aliphatic rings. The number of rotatable bonds is 7. The van der Waals surface area contributed by atoms with Crippen LogP contribution in [0.15, 0.2) is 0 Å². The summed E-state index contributed by atoms with van der Waals surface area (Å²) in [6, 6.07) is 0. The van der Waals surface area contributed by atoms with Crippen molar-refractivity contribution in [3.05, 3.63) is 0 Å². The second kappa shape index (κ2) is 21.9. The van der Waals surface area contributed by atoms with E-state index in [1.807, 2.05) is 0 Å². The molecule has 2 fully saturated rings. The van der Waals surface area contributed by atoms with E-state index in [1.54, 1.807) is 6.42 Å². The van der Waals surface area contributed by atoms with Crippen molar-refractivity contribution in [3.63, 3.8) is 0 Å². The lowest BCUT2D eigenvalue weighted by Gasteiger charge is -2.28. The van der Waals surface area contributed by atoms with Crippen molar-refractivity contribution in [2.45, 2.75) is 201 Å². The highest BCUT2D eigenvalue weighted by Crippen LogP contribution is 2.34. The van der Waals surface area contributed by atoms with E-state index < -0.39 is 0 Å². The quantitative estimate of drug-likeness (QED) is 0.324. The normalized spacial score (nSPS) is 28.1. The monoisotopic (exact) mass is 503 g/mol. The Balaban J connectivity index is 1.78. The first kappa shape index (κ1) is 32.2. The van der Waals surface area contributed by atoms with Crippen molar-refractivity contribution in [1.29, 1.82) is 0 Å². The molecule has 2 saturated carbocycles. The molecular weight excluding hydrogens is 432 g/mol. The van der Waals surface area contributed by atoms with Crippen LogP contribution in [0.3, 0.4) is 0 Å². The summed E-state index contributed by atoms with van der Waals surface area (Å²) < 4.78 is 0. The van der Waals surface area contributed by atoms with Gasteiger partial charge in [0.1, 0.15) is 0 Å². The Morgan fingerprint density at radius 2 is 0.889 bits per heavy atom. The molecule has 0 aliphatic heterocycles. The average molecular weight is 503 g/mol. The van der Waals surface area contributed by atoms with Crippen LogP contribution in [-0.4, -0.2) is 0 Å². The lowest BCUT2D eigenvalue weighted by atomic mass is 9.78. The Hall–Kier alpha value is 0. The predicted molar refractivity (Wildman–Crippen MR) is 164 cm³/mol. The Morgan fingerprint density at radius 3 is 1.39 bits per heavy atom. The zero-order chi connectivity index (χ0) is 25.7. The molecule has 0 aromatic rings. The van der Waals surface area contributed by atoms with Gasteiger partial charge in [0.2, 0.25) is 0 Å². The summed E-state index contributed by atoms with van der Waals surface area (Å²) in [5.74, 6) is 4.95. The smallest absolute Gasteiger partial charge is 0.0388 e. The van der Waals surface area contributed by atoms with E-state index in [0.717, 1.165) is 29.6 Å². The molecule has 4 unspecified atom stereocenters. The summed E-state index contributed by atoms with van der Waals surface area (Å²) >= 11 is 0. The van der Waals surface area contributed by atoms with Crippen molar-refractivity contribution in [2.24, 2.45) is 29.6 Å². The molecule has 0 bridgehead atoms. The first-order valence-electron chi connectivity index (χ1n) is 17.7. The first-order valence-corrected chi connectivity index (χ1v) is 17.7. The van der Waals surface area contributed by atoms with Crippen molar-refractivity contribution in [2.75, 3.05) is 0 Å². The largest absolute Gasteiger partial charge is 0.0651 e. The van der Waals surface area contributed by atoms with Crippen molar-refractivity contribution in [1.82, 2.24) is 0 Å². The lowest BCUT2D eigenvalue weighted by Crippen LogP contribution is -2.15. The van der Waals surface area contributed by atoms with E-state index >= 15 is 0 Å². The molecule has 2 aliphatic carbocycles. The number of hydrogen-bond donors (Lipinski definition) is 0. The van der Waals surface area contributed by atoms with E-state index in [0.29, 0.717) is 0 Å². The maximum absolute atomic E-state index is 2.64. The van der Waals surface area contributed by atoms with Crippen LogP contribution in [0.1, 0.15) is 201 Å².